The van der Waals surface area contributed by atoms with Gasteiger partial charge < -0.3 is 15.1 Å². The molecule has 1 aliphatic rings. The normalized spacial score (nSPS) is 16.7. The lowest BCUT2D eigenvalue weighted by atomic mass is 10.0. The van der Waals surface area contributed by atoms with Crippen molar-refractivity contribution in [2.75, 3.05) is 18.4 Å². The molecule has 0 spiro atoms. The molecule has 0 saturated carbocycles. The number of anilines is 1. The van der Waals surface area contributed by atoms with Crippen LogP contribution in [-0.2, 0) is 4.79 Å². The van der Waals surface area contributed by atoms with Crippen molar-refractivity contribution in [2.45, 2.75) is 38.8 Å². The van der Waals surface area contributed by atoms with E-state index >= 15 is 0 Å². The van der Waals surface area contributed by atoms with Gasteiger partial charge in [0.25, 0.3) is 5.91 Å². The van der Waals surface area contributed by atoms with Crippen LogP contribution in [0.1, 0.15) is 35.9 Å². The van der Waals surface area contributed by atoms with Crippen LogP contribution in [-0.4, -0.2) is 41.9 Å². The summed E-state index contributed by atoms with van der Waals surface area (Å²) in [6.45, 7) is 5.23. The Kier molecular flexibility index (Phi) is 6.19. The van der Waals surface area contributed by atoms with Gasteiger partial charge in [0, 0.05) is 35.4 Å². The summed E-state index contributed by atoms with van der Waals surface area (Å²) in [5, 5.41) is 6.51. The molecule has 3 rings (SSSR count). The van der Waals surface area contributed by atoms with Crippen molar-refractivity contribution in [1.82, 2.24) is 10.2 Å². The summed E-state index contributed by atoms with van der Waals surface area (Å²) in [4.78, 5) is 26.9. The second-order valence-corrected chi connectivity index (χ2v) is 7.33. The molecule has 1 saturated heterocycles. The van der Waals surface area contributed by atoms with Crippen molar-refractivity contribution in [3.05, 3.63) is 52.9 Å². The van der Waals surface area contributed by atoms with Crippen LogP contribution in [0.4, 0.5) is 5.69 Å². The molecule has 1 atom stereocenters. The maximum Gasteiger partial charge on any atom is 0.287 e. The molecule has 0 aliphatic carbocycles. The third kappa shape index (κ3) is 4.90. The topological polar surface area (TPSA) is 74.6 Å². The van der Waals surface area contributed by atoms with Gasteiger partial charge in [-0.2, -0.15) is 0 Å². The minimum absolute atomic E-state index is 0.0639. The zero-order chi connectivity index (χ0) is 19.4. The number of carbonyl (C=O) groups is 2. The largest absolute Gasteiger partial charge is 0.459 e. The number of hydrogen-bond acceptors (Lipinski definition) is 4. The first-order valence-corrected chi connectivity index (χ1v) is 9.47. The van der Waals surface area contributed by atoms with Crippen LogP contribution in [0.2, 0.25) is 5.02 Å². The predicted molar refractivity (Wildman–Crippen MR) is 105 cm³/mol. The van der Waals surface area contributed by atoms with Crippen molar-refractivity contribution in [3.63, 3.8) is 0 Å². The van der Waals surface area contributed by atoms with E-state index < -0.39 is 0 Å². The average Bonchev–Trinajstić information content (AvgIpc) is 3.08. The van der Waals surface area contributed by atoms with Crippen LogP contribution >= 0.6 is 11.6 Å². The molecule has 1 aromatic carbocycles. The van der Waals surface area contributed by atoms with Gasteiger partial charge in [0.1, 0.15) is 0 Å². The molecule has 144 valence electrons. The number of nitrogens with zero attached hydrogens (tertiary/aromatic N) is 1. The molecule has 7 heteroatoms. The lowest BCUT2D eigenvalue weighted by molar-refractivity contribution is -0.121. The molecule has 0 bridgehead atoms. The van der Waals surface area contributed by atoms with Crippen molar-refractivity contribution in [2.24, 2.45) is 0 Å². The number of benzene rings is 1. The summed E-state index contributed by atoms with van der Waals surface area (Å²) < 4.78 is 5.24. The van der Waals surface area contributed by atoms with Crippen molar-refractivity contribution >= 4 is 29.1 Å². The summed E-state index contributed by atoms with van der Waals surface area (Å²) in [6.07, 6.45) is 3.10. The Balaban J connectivity index is 1.48. The predicted octanol–water partition coefficient (Wildman–Crippen LogP) is 3.46. The molecule has 2 heterocycles. The number of amides is 2. The van der Waals surface area contributed by atoms with E-state index in [0.717, 1.165) is 31.5 Å². The Bertz CT molecular complexity index is 812. The third-order valence-corrected chi connectivity index (χ3v) is 5.19. The molecule has 0 radical (unpaired) electrons. The van der Waals surface area contributed by atoms with E-state index in [2.05, 4.69) is 15.5 Å². The lowest BCUT2D eigenvalue weighted by Gasteiger charge is -2.35. The first kappa shape index (κ1) is 19.5. The number of furan rings is 1. The fourth-order valence-corrected chi connectivity index (χ4v) is 3.46. The molecule has 6 nitrogen and oxygen atoms in total. The van der Waals surface area contributed by atoms with E-state index in [9.17, 15) is 9.59 Å². The van der Waals surface area contributed by atoms with Crippen LogP contribution < -0.4 is 10.6 Å². The third-order valence-electron chi connectivity index (χ3n) is 4.95. The van der Waals surface area contributed by atoms with Crippen LogP contribution in [0.25, 0.3) is 0 Å². The highest BCUT2D eigenvalue weighted by atomic mass is 35.5. The molecule has 1 unspecified atom stereocenters. The fourth-order valence-electron chi connectivity index (χ4n) is 3.27. The fraction of sp³-hybridized carbons (Fsp3) is 0.400. The summed E-state index contributed by atoms with van der Waals surface area (Å²) in [5.41, 5.74) is 1.52. The molecule has 1 fully saturated rings. The van der Waals surface area contributed by atoms with Crippen molar-refractivity contribution < 1.29 is 14.0 Å². The Morgan fingerprint density at radius 3 is 2.63 bits per heavy atom. The molecular formula is C20H24ClN3O3. The monoisotopic (exact) mass is 389 g/mol. The van der Waals surface area contributed by atoms with E-state index in [1.807, 2.05) is 19.9 Å². The molecule has 2 aromatic rings. The summed E-state index contributed by atoms with van der Waals surface area (Å²) in [7, 11) is 0. The van der Waals surface area contributed by atoms with Crippen LogP contribution in [0, 0.1) is 6.92 Å². The van der Waals surface area contributed by atoms with E-state index in [1.54, 1.807) is 24.3 Å². The second-order valence-electron chi connectivity index (χ2n) is 6.89. The number of aryl methyl sites for hydroxylation is 1. The molecule has 1 aromatic heterocycles. The van der Waals surface area contributed by atoms with Gasteiger partial charge in [0.2, 0.25) is 5.91 Å². The Labute approximate surface area is 163 Å². The first-order chi connectivity index (χ1) is 12.9. The van der Waals surface area contributed by atoms with E-state index in [1.165, 1.54) is 6.26 Å². The van der Waals surface area contributed by atoms with Crippen molar-refractivity contribution in [3.8, 4) is 0 Å². The number of rotatable bonds is 5. The van der Waals surface area contributed by atoms with Gasteiger partial charge in [-0.05, 0) is 51.0 Å². The van der Waals surface area contributed by atoms with Gasteiger partial charge in [-0.15, -0.1) is 0 Å². The molecule has 1 aliphatic heterocycles. The van der Waals surface area contributed by atoms with Gasteiger partial charge in [0.15, 0.2) is 5.76 Å². The Hall–Kier alpha value is -2.31. The minimum atomic E-state index is -0.257. The summed E-state index contributed by atoms with van der Waals surface area (Å²) in [6, 6.07) is 8.72. The van der Waals surface area contributed by atoms with Gasteiger partial charge in [0.05, 0.1) is 12.3 Å². The zero-order valence-corrected chi connectivity index (χ0v) is 16.3. The molecule has 2 amide bonds. The van der Waals surface area contributed by atoms with Crippen molar-refractivity contribution in [1.29, 1.82) is 0 Å². The maximum atomic E-state index is 12.5. The highest BCUT2D eigenvalue weighted by molar-refractivity contribution is 6.30. The lowest BCUT2D eigenvalue weighted by Crippen LogP contribution is -2.50. The highest BCUT2D eigenvalue weighted by Gasteiger charge is 2.28. The smallest absolute Gasteiger partial charge is 0.287 e. The number of nitrogens with one attached hydrogen (secondary N) is 2. The molecule has 2 N–H and O–H groups in total. The van der Waals surface area contributed by atoms with Gasteiger partial charge >= 0.3 is 0 Å². The Morgan fingerprint density at radius 1 is 1.26 bits per heavy atom. The Morgan fingerprint density at radius 2 is 2.00 bits per heavy atom. The van der Waals surface area contributed by atoms with Gasteiger partial charge in [-0.1, -0.05) is 17.7 Å². The maximum absolute atomic E-state index is 12.5. The SMILES string of the molecule is Cc1ccoc1C(=O)NC1CCN(C(C)C(=O)Nc2cccc(Cl)c2)CC1. The van der Waals surface area contributed by atoms with Crippen LogP contribution in [0.5, 0.6) is 0 Å². The highest BCUT2D eigenvalue weighted by Crippen LogP contribution is 2.18. The quantitative estimate of drug-likeness (QED) is 0.821. The first-order valence-electron chi connectivity index (χ1n) is 9.09. The van der Waals surface area contributed by atoms with E-state index in [0.29, 0.717) is 16.5 Å². The van der Waals surface area contributed by atoms with Gasteiger partial charge in [-0.3, -0.25) is 14.5 Å². The van der Waals surface area contributed by atoms with Gasteiger partial charge in [-0.25, -0.2) is 0 Å². The number of halogens is 1. The van der Waals surface area contributed by atoms with E-state index in [-0.39, 0.29) is 23.9 Å². The second kappa shape index (κ2) is 8.59. The summed E-state index contributed by atoms with van der Waals surface area (Å²) in [5.74, 6) is 0.125. The average molecular weight is 390 g/mol. The standard InChI is InChI=1S/C20H24ClN3O3/c1-13-8-11-27-18(13)20(26)22-16-6-9-24(10-7-16)14(2)19(25)23-17-5-3-4-15(21)12-17/h3-5,8,11-12,14,16H,6-7,9-10H2,1-2H3,(H,22,26)(H,23,25). The van der Waals surface area contributed by atoms with Crippen LogP contribution in [0.15, 0.2) is 41.0 Å². The number of hydrogen-bond donors (Lipinski definition) is 2. The summed E-state index contributed by atoms with van der Waals surface area (Å²) >= 11 is 5.96. The molecule has 27 heavy (non-hydrogen) atoms. The van der Waals surface area contributed by atoms with Crippen LogP contribution in [0.3, 0.4) is 0 Å². The van der Waals surface area contributed by atoms with E-state index in [4.69, 9.17) is 16.0 Å². The molecular weight excluding hydrogens is 366 g/mol. The number of piperidine rings is 1. The minimum Gasteiger partial charge on any atom is -0.459 e. The zero-order valence-electron chi connectivity index (χ0n) is 15.5. The number of carbonyl (C=O) groups excluding carboxylic acids is 2. The number of likely N-dealkylation sites (tertiary alicyclic amines) is 1.